The Morgan fingerprint density at radius 1 is 1.23 bits per heavy atom. The molecule has 4 rings (SSSR count). The first-order chi connectivity index (χ1) is 12.2. The number of halogens is 2. The molecule has 1 aromatic heterocycles. The minimum Gasteiger partial charge on any atom is -0.495 e. The average molecular weight is 395 g/mol. The third-order valence-corrected chi connectivity index (χ3v) is 5.82. The Morgan fingerprint density at radius 3 is 2.58 bits per heavy atom. The van der Waals surface area contributed by atoms with Crippen molar-refractivity contribution in [2.75, 3.05) is 7.11 Å². The second kappa shape index (κ2) is 5.89. The van der Waals surface area contributed by atoms with Crippen molar-refractivity contribution in [3.8, 4) is 5.75 Å². The summed E-state index contributed by atoms with van der Waals surface area (Å²) in [5, 5.41) is 1.60. The zero-order valence-electron chi connectivity index (χ0n) is 15.1. The van der Waals surface area contributed by atoms with Gasteiger partial charge in [-0.25, -0.2) is 4.79 Å². The number of amides is 1. The number of pyridine rings is 1. The zero-order valence-corrected chi connectivity index (χ0v) is 16.6. The first kappa shape index (κ1) is 17.7. The lowest BCUT2D eigenvalue weighted by molar-refractivity contribution is 0.0178. The summed E-state index contributed by atoms with van der Waals surface area (Å²) in [7, 11) is 1.55. The SMILES string of the molecule is COc1cc2c3c(cnc2c(Cl)c1Cl)[C@@H]1CC[C@H]3N1C(=O)OC(C)(C)C. The third-order valence-electron chi connectivity index (χ3n) is 4.98. The lowest BCUT2D eigenvalue weighted by Crippen LogP contribution is -2.34. The molecule has 138 valence electrons. The van der Waals surface area contributed by atoms with Gasteiger partial charge in [-0.15, -0.1) is 0 Å². The van der Waals surface area contributed by atoms with Gasteiger partial charge in [0.2, 0.25) is 0 Å². The number of methoxy groups -OCH3 is 1. The van der Waals surface area contributed by atoms with Gasteiger partial charge in [-0.3, -0.25) is 9.88 Å². The molecule has 3 heterocycles. The number of nitrogens with zero attached hydrogens (tertiary/aromatic N) is 2. The van der Waals surface area contributed by atoms with Crippen LogP contribution in [0, 0.1) is 0 Å². The smallest absolute Gasteiger partial charge is 0.411 e. The van der Waals surface area contributed by atoms with Crippen molar-refractivity contribution >= 4 is 40.2 Å². The number of aromatic nitrogens is 1. The quantitative estimate of drug-likeness (QED) is 0.624. The van der Waals surface area contributed by atoms with E-state index in [-0.39, 0.29) is 18.2 Å². The van der Waals surface area contributed by atoms with Gasteiger partial charge in [0, 0.05) is 11.6 Å². The Labute approximate surface area is 162 Å². The van der Waals surface area contributed by atoms with E-state index in [4.69, 9.17) is 32.7 Å². The number of carbonyl (C=O) groups is 1. The van der Waals surface area contributed by atoms with Crippen LogP contribution in [-0.2, 0) is 4.74 Å². The molecule has 0 saturated carbocycles. The molecule has 2 bridgehead atoms. The summed E-state index contributed by atoms with van der Waals surface area (Å²) < 4.78 is 11.0. The predicted molar refractivity (Wildman–Crippen MR) is 101 cm³/mol. The summed E-state index contributed by atoms with van der Waals surface area (Å²) >= 11 is 12.7. The van der Waals surface area contributed by atoms with Gasteiger partial charge < -0.3 is 9.47 Å². The summed E-state index contributed by atoms with van der Waals surface area (Å²) in [6, 6.07) is 1.81. The fourth-order valence-corrected chi connectivity index (χ4v) is 4.50. The normalized spacial score (nSPS) is 21.2. The maximum absolute atomic E-state index is 12.8. The van der Waals surface area contributed by atoms with Crippen molar-refractivity contribution in [3.63, 3.8) is 0 Å². The summed E-state index contributed by atoms with van der Waals surface area (Å²) in [6.07, 6.45) is 3.32. The standard InChI is InChI=1S/C19H20Cl2N2O3/c1-19(2,3)26-18(24)23-11-5-6-12(23)14-9-7-13(25-4)15(20)16(21)17(9)22-8-10(11)14/h7-8,11-12H,5-6H2,1-4H3/t11-,12+/m0/s1. The van der Waals surface area contributed by atoms with Gasteiger partial charge in [-0.05, 0) is 50.8 Å². The molecular weight excluding hydrogens is 375 g/mol. The fraction of sp³-hybridized carbons (Fsp3) is 0.474. The van der Waals surface area contributed by atoms with Crippen molar-refractivity contribution in [2.24, 2.45) is 0 Å². The number of ether oxygens (including phenoxy) is 2. The second-order valence-electron chi connectivity index (χ2n) is 7.73. The highest BCUT2D eigenvalue weighted by Crippen LogP contribution is 2.56. The predicted octanol–water partition coefficient (Wildman–Crippen LogP) is 5.68. The molecular formula is C19H20Cl2N2O3. The van der Waals surface area contributed by atoms with Gasteiger partial charge in [-0.2, -0.15) is 0 Å². The molecule has 0 unspecified atom stereocenters. The second-order valence-corrected chi connectivity index (χ2v) is 8.48. The number of fused-ring (bicyclic) bond motifs is 7. The maximum atomic E-state index is 12.8. The van der Waals surface area contributed by atoms with E-state index in [1.165, 1.54) is 0 Å². The molecule has 0 N–H and O–H groups in total. The zero-order chi connectivity index (χ0) is 18.8. The van der Waals surface area contributed by atoms with Crippen LogP contribution in [0.15, 0.2) is 12.3 Å². The van der Waals surface area contributed by atoms with Crippen molar-refractivity contribution in [1.29, 1.82) is 0 Å². The lowest BCUT2D eigenvalue weighted by Gasteiger charge is -2.27. The van der Waals surface area contributed by atoms with Crippen LogP contribution in [0.2, 0.25) is 10.0 Å². The molecule has 2 atom stereocenters. The van der Waals surface area contributed by atoms with E-state index >= 15 is 0 Å². The monoisotopic (exact) mass is 394 g/mol. The first-order valence-electron chi connectivity index (χ1n) is 8.58. The van der Waals surface area contributed by atoms with Gasteiger partial charge in [0.15, 0.2) is 0 Å². The molecule has 1 aromatic carbocycles. The number of hydrogen-bond donors (Lipinski definition) is 0. The van der Waals surface area contributed by atoms with Gasteiger partial charge in [0.05, 0.1) is 29.7 Å². The molecule has 1 saturated heterocycles. The van der Waals surface area contributed by atoms with Crippen LogP contribution in [0.3, 0.4) is 0 Å². The Hall–Kier alpha value is -1.72. The molecule has 7 heteroatoms. The van der Waals surface area contributed by atoms with E-state index in [0.29, 0.717) is 21.3 Å². The van der Waals surface area contributed by atoms with E-state index in [0.717, 1.165) is 29.4 Å². The molecule has 1 amide bonds. The van der Waals surface area contributed by atoms with Crippen molar-refractivity contribution in [2.45, 2.75) is 51.3 Å². The van der Waals surface area contributed by atoms with Gasteiger partial charge in [0.25, 0.3) is 0 Å². The van der Waals surface area contributed by atoms with Crippen LogP contribution in [0.1, 0.15) is 56.8 Å². The van der Waals surface area contributed by atoms with Gasteiger partial charge in [-0.1, -0.05) is 23.2 Å². The van der Waals surface area contributed by atoms with Gasteiger partial charge in [0.1, 0.15) is 16.4 Å². The van der Waals surface area contributed by atoms with Crippen LogP contribution in [-0.4, -0.2) is 28.7 Å². The number of carbonyl (C=O) groups excluding carboxylic acids is 1. The van der Waals surface area contributed by atoms with Crippen LogP contribution in [0.5, 0.6) is 5.75 Å². The van der Waals surface area contributed by atoms with Crippen LogP contribution < -0.4 is 4.74 Å². The average Bonchev–Trinajstić information content (AvgIpc) is 3.13. The van der Waals surface area contributed by atoms with E-state index in [2.05, 4.69) is 4.98 Å². The van der Waals surface area contributed by atoms with Gasteiger partial charge >= 0.3 is 6.09 Å². The highest BCUT2D eigenvalue weighted by molar-refractivity contribution is 6.46. The highest BCUT2D eigenvalue weighted by atomic mass is 35.5. The van der Waals surface area contributed by atoms with Crippen molar-refractivity contribution in [3.05, 3.63) is 33.4 Å². The molecule has 5 nitrogen and oxygen atoms in total. The topological polar surface area (TPSA) is 51.7 Å². The van der Waals surface area contributed by atoms with E-state index in [1.54, 1.807) is 7.11 Å². The summed E-state index contributed by atoms with van der Waals surface area (Å²) in [6.45, 7) is 5.62. The minimum atomic E-state index is -0.536. The lowest BCUT2D eigenvalue weighted by atomic mass is 9.90. The Balaban J connectivity index is 1.85. The first-order valence-corrected chi connectivity index (χ1v) is 9.34. The number of rotatable bonds is 1. The molecule has 0 radical (unpaired) electrons. The van der Waals surface area contributed by atoms with Crippen molar-refractivity contribution < 1.29 is 14.3 Å². The number of benzene rings is 1. The Morgan fingerprint density at radius 2 is 1.92 bits per heavy atom. The molecule has 2 aliphatic rings. The minimum absolute atomic E-state index is 0.0119. The maximum Gasteiger partial charge on any atom is 0.411 e. The third kappa shape index (κ3) is 2.52. The molecule has 0 spiro atoms. The summed E-state index contributed by atoms with van der Waals surface area (Å²) in [5.74, 6) is 0.506. The van der Waals surface area contributed by atoms with Crippen LogP contribution >= 0.6 is 23.2 Å². The van der Waals surface area contributed by atoms with E-state index in [1.807, 2.05) is 37.9 Å². The molecule has 1 fully saturated rings. The van der Waals surface area contributed by atoms with Crippen LogP contribution in [0.4, 0.5) is 4.79 Å². The Kier molecular flexibility index (Phi) is 4.01. The molecule has 2 aromatic rings. The fourth-order valence-electron chi connectivity index (χ4n) is 4.04. The molecule has 26 heavy (non-hydrogen) atoms. The number of hydrogen-bond acceptors (Lipinski definition) is 4. The molecule has 0 aliphatic carbocycles. The van der Waals surface area contributed by atoms with E-state index < -0.39 is 5.60 Å². The molecule has 2 aliphatic heterocycles. The largest absolute Gasteiger partial charge is 0.495 e. The van der Waals surface area contributed by atoms with Crippen LogP contribution in [0.25, 0.3) is 10.9 Å². The summed E-state index contributed by atoms with van der Waals surface area (Å²) in [4.78, 5) is 19.1. The summed E-state index contributed by atoms with van der Waals surface area (Å²) in [5.41, 5.74) is 2.23. The Bertz CT molecular complexity index is 923. The van der Waals surface area contributed by atoms with Crippen molar-refractivity contribution in [1.82, 2.24) is 9.88 Å². The highest BCUT2D eigenvalue weighted by Gasteiger charge is 2.49. The van der Waals surface area contributed by atoms with E-state index in [9.17, 15) is 4.79 Å².